The van der Waals surface area contributed by atoms with Crippen molar-refractivity contribution in [3.05, 3.63) is 60.9 Å². The molecule has 1 aliphatic heterocycles. The van der Waals surface area contributed by atoms with Gasteiger partial charge in [-0.15, -0.1) is 0 Å². The van der Waals surface area contributed by atoms with Crippen LogP contribution in [-0.4, -0.2) is 113 Å². The van der Waals surface area contributed by atoms with Crippen molar-refractivity contribution in [2.75, 3.05) is 28.4 Å². The van der Waals surface area contributed by atoms with Crippen LogP contribution >= 0.6 is 0 Å². The summed E-state index contributed by atoms with van der Waals surface area (Å²) in [6.45, 7) is 9.01. The van der Waals surface area contributed by atoms with E-state index in [0.717, 1.165) is 0 Å². The Kier molecular flexibility index (Phi) is 19.2. The Labute approximate surface area is 362 Å². The molecular weight excluding hydrogens is 805 g/mol. The van der Waals surface area contributed by atoms with Gasteiger partial charge in [0.05, 0.1) is 36.8 Å². The van der Waals surface area contributed by atoms with E-state index >= 15 is 0 Å². The molecule has 0 radical (unpaired) electrons. The van der Waals surface area contributed by atoms with Crippen LogP contribution in [0.4, 0.5) is 0 Å². The lowest BCUT2D eigenvalue weighted by Gasteiger charge is -2.33. The zero-order valence-electron chi connectivity index (χ0n) is 37.0. The molecule has 17 heteroatoms. The van der Waals surface area contributed by atoms with Crippen molar-refractivity contribution in [3.8, 4) is 23.2 Å². The van der Waals surface area contributed by atoms with Crippen molar-refractivity contribution in [1.29, 1.82) is 0 Å². The van der Waals surface area contributed by atoms with Crippen molar-refractivity contribution in [2.45, 2.75) is 110 Å². The number of fused-ring (bicyclic) bond motifs is 8. The third-order valence-corrected chi connectivity index (χ3v) is 11.5. The lowest BCUT2D eigenvalue weighted by molar-refractivity contribution is -0.159. The van der Waals surface area contributed by atoms with E-state index in [-0.39, 0.29) is 72.7 Å². The van der Waals surface area contributed by atoms with Gasteiger partial charge in [0.25, 0.3) is 0 Å². The number of nitrogens with zero attached hydrogens (tertiary/aromatic N) is 4. The zero-order chi connectivity index (χ0) is 45.5. The van der Waals surface area contributed by atoms with Crippen molar-refractivity contribution >= 4 is 30.0 Å². The van der Waals surface area contributed by atoms with Crippen molar-refractivity contribution in [2.24, 2.45) is 29.6 Å². The Balaban J connectivity index is 1.54. The maximum Gasteiger partial charge on any atom is 0.308 e. The number of aliphatic hydroxyl groups excluding tert-OH is 2. The summed E-state index contributed by atoms with van der Waals surface area (Å²) in [5.74, 6) is -2.71. The third kappa shape index (κ3) is 13.7. The lowest BCUT2D eigenvalue weighted by Crippen LogP contribution is -2.39. The van der Waals surface area contributed by atoms with E-state index in [1.807, 2.05) is 19.9 Å². The second-order valence-electron chi connectivity index (χ2n) is 16.1. The molecule has 3 aromatic rings. The van der Waals surface area contributed by atoms with Crippen LogP contribution in [0.5, 0.6) is 0 Å². The Morgan fingerprint density at radius 3 is 2.32 bits per heavy atom. The minimum absolute atomic E-state index is 0.00560. The van der Waals surface area contributed by atoms with E-state index in [2.05, 4.69) is 15.0 Å². The van der Waals surface area contributed by atoms with E-state index in [0.29, 0.717) is 36.3 Å². The average molecular weight is 867 g/mol. The monoisotopic (exact) mass is 866 g/mol. The summed E-state index contributed by atoms with van der Waals surface area (Å²) in [7, 11) is 6.16. The maximum atomic E-state index is 13.5. The number of hydrogen-bond donors (Lipinski definition) is 2. The quantitative estimate of drug-likeness (QED) is 0.128. The Hall–Kier alpha value is -5.07. The number of rotatable bonds is 15. The fourth-order valence-corrected chi connectivity index (χ4v) is 7.28. The number of amides is 1. The molecule has 6 bridgehead atoms. The number of ketones is 2. The summed E-state index contributed by atoms with van der Waals surface area (Å²) in [6, 6.07) is 0. The molecule has 1 aliphatic rings. The largest absolute Gasteiger partial charge is 0.462 e. The number of methoxy groups -OCH3 is 3. The van der Waals surface area contributed by atoms with Crippen molar-refractivity contribution in [3.63, 3.8) is 0 Å². The van der Waals surface area contributed by atoms with Gasteiger partial charge in [0.2, 0.25) is 24.1 Å². The average Bonchev–Trinajstić information content (AvgIpc) is 4.06. The topological polar surface area (TPSA) is 227 Å². The fraction of sp³-hybridized carbons (Fsp3) is 0.578. The number of hydrogen-bond acceptors (Lipinski definition) is 16. The first-order valence-corrected chi connectivity index (χ1v) is 20.9. The first-order valence-electron chi connectivity index (χ1n) is 20.9. The van der Waals surface area contributed by atoms with Crippen LogP contribution in [0.15, 0.2) is 62.5 Å². The molecule has 0 saturated carbocycles. The summed E-state index contributed by atoms with van der Waals surface area (Å²) in [5, 5.41) is 21.7. The van der Waals surface area contributed by atoms with Crippen LogP contribution in [0.2, 0.25) is 0 Å². The highest BCUT2D eigenvalue weighted by Crippen LogP contribution is 2.31. The fourth-order valence-electron chi connectivity index (χ4n) is 7.28. The molecule has 11 unspecified atom stereocenters. The molecule has 4 heterocycles. The summed E-state index contributed by atoms with van der Waals surface area (Å²) in [5.41, 5.74) is 0.995. The number of Topliss-reactive ketones (excluding diaryl/α,β-unsaturated/α-hetero) is 1. The number of ether oxygens (including phenoxy) is 4. The van der Waals surface area contributed by atoms with Gasteiger partial charge in [-0.05, 0) is 37.3 Å². The van der Waals surface area contributed by atoms with Gasteiger partial charge < -0.3 is 47.3 Å². The number of carbonyl (C=O) groups excluding carboxylic acids is 4. The third-order valence-electron chi connectivity index (χ3n) is 11.5. The molecule has 0 aliphatic carbocycles. The number of aromatic nitrogens is 3. The zero-order valence-corrected chi connectivity index (χ0v) is 37.0. The van der Waals surface area contributed by atoms with E-state index in [1.54, 1.807) is 60.4 Å². The number of allylic oxidation sites excluding steroid dienone is 1. The van der Waals surface area contributed by atoms with Crippen LogP contribution in [0.1, 0.15) is 90.8 Å². The van der Waals surface area contributed by atoms with E-state index in [1.165, 1.54) is 43.0 Å². The Bertz CT molecular complexity index is 1980. The predicted octanol–water partition coefficient (Wildman–Crippen LogP) is 6.18. The number of aliphatic hydroxyl groups is 2. The molecule has 1 amide bonds. The van der Waals surface area contributed by atoms with Crippen molar-refractivity contribution < 1.29 is 61.6 Å². The molecule has 340 valence electrons. The van der Waals surface area contributed by atoms with E-state index in [4.69, 9.17) is 32.2 Å². The highest BCUT2D eigenvalue weighted by atomic mass is 16.6. The molecule has 0 spiro atoms. The van der Waals surface area contributed by atoms with Gasteiger partial charge in [0.15, 0.2) is 17.2 Å². The van der Waals surface area contributed by atoms with E-state index in [9.17, 15) is 29.4 Å². The highest BCUT2D eigenvalue weighted by Gasteiger charge is 2.34. The van der Waals surface area contributed by atoms with Gasteiger partial charge in [0.1, 0.15) is 42.5 Å². The van der Waals surface area contributed by atoms with Crippen LogP contribution in [0.25, 0.3) is 29.2 Å². The summed E-state index contributed by atoms with van der Waals surface area (Å²) < 4.78 is 40.6. The second kappa shape index (κ2) is 24.0. The number of carbonyl (C=O) groups is 4. The molecule has 3 aromatic heterocycles. The first kappa shape index (κ1) is 49.6. The molecule has 2 N–H and O–H groups in total. The van der Waals surface area contributed by atoms with Gasteiger partial charge in [-0.25, -0.2) is 15.0 Å². The van der Waals surface area contributed by atoms with Gasteiger partial charge in [-0.3, -0.25) is 19.2 Å². The number of esters is 1. The molecule has 4 rings (SSSR count). The number of oxazole rings is 3. The summed E-state index contributed by atoms with van der Waals surface area (Å²) >= 11 is 0. The molecule has 0 saturated heterocycles. The molecule has 17 nitrogen and oxygen atoms in total. The van der Waals surface area contributed by atoms with Gasteiger partial charge >= 0.3 is 5.97 Å². The van der Waals surface area contributed by atoms with Gasteiger partial charge in [-0.2, -0.15) is 0 Å². The smallest absolute Gasteiger partial charge is 0.308 e. The molecule has 62 heavy (non-hydrogen) atoms. The predicted molar refractivity (Wildman–Crippen MR) is 225 cm³/mol. The number of cyclic esters (lactones) is 1. The standard InChI is InChI=1S/C45H62N4O13/c1-26(16-17-36(53)28(3)42(55)27(2)18-19-49(6)25-50)38(57-8)21-39-30(5)37(56-7)14-11-15-40-46-33(23-59-40)44-48-34(24-61-44)45-47-32(22-60-45)43(58-9)29(4)35(52)13-10-12-31(51)20-41(54)62-39/h10-11,13,15,18-19,22-31,37-39,42-43,51,55H,12,14,16-17,20-21H2,1-9H3/b13-10-,15-11?,19-18+. The van der Waals surface area contributed by atoms with Gasteiger partial charge in [0, 0.05) is 65.2 Å². The summed E-state index contributed by atoms with van der Waals surface area (Å²) in [6.07, 6.45) is 10.8. The minimum atomic E-state index is -1.15. The highest BCUT2D eigenvalue weighted by molar-refractivity contribution is 5.92. The second-order valence-corrected chi connectivity index (χ2v) is 16.1. The van der Waals surface area contributed by atoms with Crippen molar-refractivity contribution in [1.82, 2.24) is 19.9 Å². The molecule has 0 aromatic carbocycles. The molecule has 0 fully saturated rings. The van der Waals surface area contributed by atoms with Crippen LogP contribution in [0, 0.1) is 29.6 Å². The van der Waals surface area contributed by atoms with Crippen LogP contribution in [-0.2, 0) is 38.1 Å². The molecule has 11 atom stereocenters. The van der Waals surface area contributed by atoms with Gasteiger partial charge in [-0.1, -0.05) is 52.8 Å². The normalized spacial score (nSPS) is 24.9. The lowest BCUT2D eigenvalue weighted by atomic mass is 9.84. The van der Waals surface area contributed by atoms with E-state index < -0.39 is 54.4 Å². The minimum Gasteiger partial charge on any atom is -0.462 e. The Morgan fingerprint density at radius 2 is 1.63 bits per heavy atom. The summed E-state index contributed by atoms with van der Waals surface area (Å²) in [4.78, 5) is 65.6. The van der Waals surface area contributed by atoms with Crippen LogP contribution < -0.4 is 0 Å². The SMILES string of the molecule is COC(CC1OC(=O)CC(O)C/C=C\C(=O)C(C)C(OC)c2coc(n2)-c2coc(n2)-c2coc(n2)C=CCC(OC)C1C)C(C)CCC(=O)C(C)C(O)C(C)/C=C/N(C)C=O. The van der Waals surface area contributed by atoms with Crippen LogP contribution in [0.3, 0.4) is 0 Å². The molecular formula is C45H62N4O13. The first-order chi connectivity index (χ1) is 29.6. The Morgan fingerprint density at radius 1 is 0.952 bits per heavy atom. The maximum absolute atomic E-state index is 13.5.